The number of carboxylic acids is 1. The van der Waals surface area contributed by atoms with E-state index in [4.69, 9.17) is 5.11 Å². The van der Waals surface area contributed by atoms with Crippen LogP contribution < -0.4 is 10.6 Å². The van der Waals surface area contributed by atoms with Crippen LogP contribution in [0.2, 0.25) is 0 Å². The molecule has 1 aromatic carbocycles. The van der Waals surface area contributed by atoms with Gasteiger partial charge in [-0.1, -0.05) is 0 Å². The fraction of sp³-hybridized carbons (Fsp3) is 0.188. The van der Waals surface area contributed by atoms with E-state index in [0.29, 0.717) is 11.4 Å². The third-order valence-corrected chi connectivity index (χ3v) is 3.61. The molecule has 0 saturated heterocycles. The number of carbonyl (C=O) groups excluding carboxylic acids is 1. The minimum absolute atomic E-state index is 0.372. The molecule has 128 valence electrons. The van der Waals surface area contributed by atoms with Crippen LogP contribution in [-0.4, -0.2) is 43.3 Å². The number of anilines is 2. The normalized spacial score (nSPS) is 10.6. The maximum Gasteiger partial charge on any atom is 0.322 e. The summed E-state index contributed by atoms with van der Waals surface area (Å²) < 4.78 is 1.69. The Hall–Kier alpha value is -3.49. The van der Waals surface area contributed by atoms with Crippen molar-refractivity contribution in [3.63, 3.8) is 0 Å². The number of aryl methyl sites for hydroxylation is 2. The fourth-order valence-electron chi connectivity index (χ4n) is 2.47. The monoisotopic (exact) mass is 340 g/mol. The van der Waals surface area contributed by atoms with Crippen LogP contribution in [0.25, 0.3) is 11.0 Å². The zero-order valence-corrected chi connectivity index (χ0v) is 13.6. The summed E-state index contributed by atoms with van der Waals surface area (Å²) in [5.41, 5.74) is 2.64. The zero-order chi connectivity index (χ0) is 18.0. The first-order chi connectivity index (χ1) is 12.0. The quantitative estimate of drug-likeness (QED) is 0.638. The van der Waals surface area contributed by atoms with Crippen LogP contribution >= 0.6 is 0 Å². The molecule has 0 radical (unpaired) electrons. The lowest BCUT2D eigenvalue weighted by atomic mass is 10.2. The molecule has 0 bridgehead atoms. The van der Waals surface area contributed by atoms with Gasteiger partial charge in [0, 0.05) is 18.3 Å². The average Bonchev–Trinajstić information content (AvgIpc) is 2.89. The molecule has 0 aliphatic carbocycles. The Labute approximate surface area is 142 Å². The van der Waals surface area contributed by atoms with E-state index in [1.807, 2.05) is 14.0 Å². The van der Waals surface area contributed by atoms with Crippen molar-refractivity contribution in [1.29, 1.82) is 0 Å². The van der Waals surface area contributed by atoms with Gasteiger partial charge in [0.05, 0.1) is 11.1 Å². The lowest BCUT2D eigenvalue weighted by molar-refractivity contribution is -0.135. The summed E-state index contributed by atoms with van der Waals surface area (Å²) in [6, 6.07) is 6.65. The van der Waals surface area contributed by atoms with Crippen molar-refractivity contribution < 1.29 is 14.7 Å². The number of aliphatic carboxylic acids is 1. The molecule has 25 heavy (non-hydrogen) atoms. The summed E-state index contributed by atoms with van der Waals surface area (Å²) in [5.74, 6) is -0.911. The van der Waals surface area contributed by atoms with Crippen molar-refractivity contribution >= 4 is 34.4 Å². The van der Waals surface area contributed by atoms with Crippen molar-refractivity contribution in [2.24, 2.45) is 7.05 Å². The van der Waals surface area contributed by atoms with E-state index >= 15 is 0 Å². The minimum Gasteiger partial charge on any atom is -0.480 e. The molecule has 9 nitrogen and oxygen atoms in total. The number of carboxylic acid groups (broad SMARTS) is 1. The summed E-state index contributed by atoms with van der Waals surface area (Å²) in [6.07, 6.45) is 1.46. The Bertz CT molecular complexity index is 948. The van der Waals surface area contributed by atoms with Gasteiger partial charge in [-0.05, 0) is 31.2 Å². The van der Waals surface area contributed by atoms with Gasteiger partial charge >= 0.3 is 5.97 Å². The van der Waals surface area contributed by atoms with E-state index in [2.05, 4.69) is 25.7 Å². The van der Waals surface area contributed by atoms with Gasteiger partial charge < -0.3 is 15.7 Å². The molecule has 0 saturated carbocycles. The first-order valence-electron chi connectivity index (χ1n) is 7.47. The Morgan fingerprint density at radius 2 is 1.92 bits per heavy atom. The van der Waals surface area contributed by atoms with Crippen LogP contribution in [0.15, 0.2) is 30.6 Å². The first kappa shape index (κ1) is 16.4. The second-order valence-electron chi connectivity index (χ2n) is 5.41. The molecular weight excluding hydrogens is 324 g/mol. The number of carbonyl (C=O) groups is 2. The van der Waals surface area contributed by atoms with Crippen LogP contribution in [0.4, 0.5) is 11.5 Å². The molecule has 1 amide bonds. The lowest BCUT2D eigenvalue weighted by Crippen LogP contribution is -2.29. The maximum absolute atomic E-state index is 11.8. The Balaban J connectivity index is 1.80. The lowest BCUT2D eigenvalue weighted by Gasteiger charge is -2.08. The topological polar surface area (TPSA) is 122 Å². The van der Waals surface area contributed by atoms with E-state index in [1.165, 1.54) is 6.33 Å². The molecule has 0 unspecified atom stereocenters. The summed E-state index contributed by atoms with van der Waals surface area (Å²) in [7, 11) is 1.82. The molecule has 3 N–H and O–H groups in total. The van der Waals surface area contributed by atoms with E-state index in [0.717, 1.165) is 22.4 Å². The van der Waals surface area contributed by atoms with Gasteiger partial charge in [-0.25, -0.2) is 9.97 Å². The van der Waals surface area contributed by atoms with Crippen LogP contribution in [0.3, 0.4) is 0 Å². The standard InChI is InChI=1S/C16H16N6O3/c1-9-13-14(18-8-19-15(13)22(2)21-9)20-11-5-3-10(4-6-11)16(25)17-7-12(23)24/h3-6,8H,7H2,1-2H3,(H,17,25)(H,23,24)(H,18,19,20). The van der Waals surface area contributed by atoms with Gasteiger partial charge in [0.1, 0.15) is 18.7 Å². The van der Waals surface area contributed by atoms with Crippen molar-refractivity contribution in [3.05, 3.63) is 41.9 Å². The highest BCUT2D eigenvalue weighted by atomic mass is 16.4. The van der Waals surface area contributed by atoms with Crippen LogP contribution in [0.5, 0.6) is 0 Å². The highest BCUT2D eigenvalue weighted by Crippen LogP contribution is 2.25. The number of amides is 1. The first-order valence-corrected chi connectivity index (χ1v) is 7.47. The third kappa shape index (κ3) is 3.39. The van der Waals surface area contributed by atoms with Crippen molar-refractivity contribution in [2.45, 2.75) is 6.92 Å². The van der Waals surface area contributed by atoms with Crippen molar-refractivity contribution in [3.8, 4) is 0 Å². The second-order valence-corrected chi connectivity index (χ2v) is 5.41. The number of fused-ring (bicyclic) bond motifs is 1. The highest BCUT2D eigenvalue weighted by molar-refractivity contribution is 5.96. The molecular formula is C16H16N6O3. The number of hydrogen-bond donors (Lipinski definition) is 3. The zero-order valence-electron chi connectivity index (χ0n) is 13.6. The van der Waals surface area contributed by atoms with Gasteiger partial charge in [0.2, 0.25) is 0 Å². The number of rotatable bonds is 5. The van der Waals surface area contributed by atoms with Crippen LogP contribution in [0.1, 0.15) is 16.1 Å². The van der Waals surface area contributed by atoms with Gasteiger partial charge in [0.25, 0.3) is 5.91 Å². The molecule has 0 spiro atoms. The van der Waals surface area contributed by atoms with Crippen molar-refractivity contribution in [2.75, 3.05) is 11.9 Å². The average molecular weight is 340 g/mol. The molecule has 2 aromatic heterocycles. The Kier molecular flexibility index (Phi) is 4.29. The predicted octanol–water partition coefficient (Wildman–Crippen LogP) is 1.23. The van der Waals surface area contributed by atoms with E-state index in [-0.39, 0.29) is 0 Å². The summed E-state index contributed by atoms with van der Waals surface area (Å²) in [6.45, 7) is 1.46. The molecule has 0 aliphatic rings. The summed E-state index contributed by atoms with van der Waals surface area (Å²) in [5, 5.41) is 19.2. The van der Waals surface area contributed by atoms with Gasteiger partial charge in [-0.2, -0.15) is 5.10 Å². The van der Waals surface area contributed by atoms with E-state index in [9.17, 15) is 9.59 Å². The number of nitrogens with one attached hydrogen (secondary N) is 2. The van der Waals surface area contributed by atoms with E-state index < -0.39 is 18.4 Å². The largest absolute Gasteiger partial charge is 0.480 e. The smallest absolute Gasteiger partial charge is 0.322 e. The van der Waals surface area contributed by atoms with Crippen molar-refractivity contribution in [1.82, 2.24) is 25.1 Å². The van der Waals surface area contributed by atoms with Gasteiger partial charge in [-0.15, -0.1) is 0 Å². The number of benzene rings is 1. The fourth-order valence-corrected chi connectivity index (χ4v) is 2.47. The Morgan fingerprint density at radius 3 is 2.60 bits per heavy atom. The van der Waals surface area contributed by atoms with E-state index in [1.54, 1.807) is 28.9 Å². The highest BCUT2D eigenvalue weighted by Gasteiger charge is 2.13. The Morgan fingerprint density at radius 1 is 1.20 bits per heavy atom. The number of nitrogens with zero attached hydrogens (tertiary/aromatic N) is 4. The third-order valence-electron chi connectivity index (χ3n) is 3.61. The summed E-state index contributed by atoms with van der Waals surface area (Å²) >= 11 is 0. The molecule has 0 fully saturated rings. The molecule has 3 rings (SSSR count). The molecule has 2 heterocycles. The SMILES string of the molecule is Cc1nn(C)c2ncnc(Nc3ccc(C(=O)NCC(=O)O)cc3)c12. The molecule has 0 aliphatic heterocycles. The van der Waals surface area contributed by atoms with Crippen LogP contribution in [0, 0.1) is 6.92 Å². The van der Waals surface area contributed by atoms with Crippen LogP contribution in [-0.2, 0) is 11.8 Å². The predicted molar refractivity (Wildman–Crippen MR) is 90.7 cm³/mol. The minimum atomic E-state index is -1.09. The maximum atomic E-state index is 11.8. The molecule has 0 atom stereocenters. The summed E-state index contributed by atoms with van der Waals surface area (Å²) in [4.78, 5) is 30.8. The molecule has 9 heteroatoms. The second kappa shape index (κ2) is 6.56. The van der Waals surface area contributed by atoms with Gasteiger partial charge in [-0.3, -0.25) is 14.3 Å². The number of aromatic nitrogens is 4. The number of hydrogen-bond acceptors (Lipinski definition) is 6. The molecule has 3 aromatic rings. The van der Waals surface area contributed by atoms with Gasteiger partial charge in [0.15, 0.2) is 5.65 Å².